The number of carbonyl (C=O) groups is 2. The predicted molar refractivity (Wildman–Crippen MR) is 112 cm³/mol. The maximum Gasteiger partial charge on any atom is 0.270 e. The summed E-state index contributed by atoms with van der Waals surface area (Å²) < 4.78 is 5.62. The Hall–Kier alpha value is -3.28. The maximum atomic E-state index is 13.0. The molecule has 0 radical (unpaired) electrons. The van der Waals surface area contributed by atoms with Gasteiger partial charge < -0.3 is 19.5 Å². The van der Waals surface area contributed by atoms with Crippen LogP contribution in [0.15, 0.2) is 48.5 Å². The second-order valence-corrected chi connectivity index (χ2v) is 7.45. The average molecular weight is 391 g/mol. The van der Waals surface area contributed by atoms with Gasteiger partial charge in [-0.25, -0.2) is 0 Å². The second-order valence-electron chi connectivity index (χ2n) is 7.45. The van der Waals surface area contributed by atoms with E-state index in [0.29, 0.717) is 37.6 Å². The lowest BCUT2D eigenvalue weighted by molar-refractivity contribution is -0.134. The van der Waals surface area contributed by atoms with Crippen LogP contribution < -0.4 is 4.74 Å². The molecule has 1 fully saturated rings. The molecule has 1 aromatic heterocycles. The molecule has 150 valence electrons. The maximum absolute atomic E-state index is 13.0. The van der Waals surface area contributed by atoms with Crippen LogP contribution >= 0.6 is 0 Å². The number of hydrogen-bond donors (Lipinski definition) is 1. The lowest BCUT2D eigenvalue weighted by Crippen LogP contribution is -2.51. The van der Waals surface area contributed by atoms with E-state index < -0.39 is 0 Å². The first-order valence-corrected chi connectivity index (χ1v) is 9.87. The van der Waals surface area contributed by atoms with Gasteiger partial charge >= 0.3 is 0 Å². The van der Waals surface area contributed by atoms with E-state index in [-0.39, 0.29) is 18.4 Å². The van der Waals surface area contributed by atoms with Crippen molar-refractivity contribution in [2.75, 3.05) is 32.8 Å². The molecule has 2 heterocycles. The highest BCUT2D eigenvalue weighted by molar-refractivity contribution is 6.01. The highest BCUT2D eigenvalue weighted by Gasteiger charge is 2.27. The van der Waals surface area contributed by atoms with E-state index >= 15 is 0 Å². The fourth-order valence-corrected chi connectivity index (χ4v) is 3.75. The summed E-state index contributed by atoms with van der Waals surface area (Å²) in [7, 11) is 0. The number of aryl methyl sites for hydroxylation is 2. The van der Waals surface area contributed by atoms with Crippen LogP contribution in [0.2, 0.25) is 0 Å². The number of fused-ring (bicyclic) bond motifs is 1. The monoisotopic (exact) mass is 391 g/mol. The van der Waals surface area contributed by atoms with Crippen molar-refractivity contribution < 1.29 is 14.3 Å². The van der Waals surface area contributed by atoms with Crippen LogP contribution in [-0.4, -0.2) is 59.4 Å². The summed E-state index contributed by atoms with van der Waals surface area (Å²) in [6.45, 7) is 6.03. The van der Waals surface area contributed by atoms with Crippen LogP contribution in [0.25, 0.3) is 10.9 Å². The summed E-state index contributed by atoms with van der Waals surface area (Å²) in [6, 6.07) is 15.6. The third kappa shape index (κ3) is 3.97. The van der Waals surface area contributed by atoms with Crippen molar-refractivity contribution in [3.63, 3.8) is 0 Å². The molecule has 0 bridgehead atoms. The highest BCUT2D eigenvalue weighted by atomic mass is 16.5. The molecule has 29 heavy (non-hydrogen) atoms. The lowest BCUT2D eigenvalue weighted by Gasteiger charge is -2.34. The quantitative estimate of drug-likeness (QED) is 0.743. The molecule has 1 N–H and O–H groups in total. The summed E-state index contributed by atoms with van der Waals surface area (Å²) in [5.41, 5.74) is 3.66. The number of para-hydroxylation sites is 1. The minimum atomic E-state index is -0.0552. The number of hydrogen-bond acceptors (Lipinski definition) is 3. The average Bonchev–Trinajstić information content (AvgIpc) is 3.08. The van der Waals surface area contributed by atoms with Gasteiger partial charge in [0.2, 0.25) is 0 Å². The molecule has 1 aliphatic rings. The van der Waals surface area contributed by atoms with E-state index in [1.54, 1.807) is 4.90 Å². The molecular weight excluding hydrogens is 366 g/mol. The van der Waals surface area contributed by atoms with Crippen LogP contribution in [0.3, 0.4) is 0 Å². The Morgan fingerprint density at radius 1 is 0.966 bits per heavy atom. The summed E-state index contributed by atoms with van der Waals surface area (Å²) in [6.07, 6.45) is 0. The Morgan fingerprint density at radius 2 is 1.69 bits per heavy atom. The van der Waals surface area contributed by atoms with Gasteiger partial charge in [0.15, 0.2) is 6.61 Å². The summed E-state index contributed by atoms with van der Waals surface area (Å²) in [5.74, 6) is 0.628. The number of piperazine rings is 1. The molecule has 4 rings (SSSR count). The van der Waals surface area contributed by atoms with E-state index in [1.807, 2.05) is 67.3 Å². The highest BCUT2D eigenvalue weighted by Crippen LogP contribution is 2.23. The van der Waals surface area contributed by atoms with Gasteiger partial charge in [0.25, 0.3) is 11.8 Å². The molecule has 0 atom stereocenters. The van der Waals surface area contributed by atoms with Crippen LogP contribution in [0.5, 0.6) is 5.75 Å². The van der Waals surface area contributed by atoms with Gasteiger partial charge in [-0.1, -0.05) is 30.3 Å². The number of nitrogens with one attached hydrogen (secondary N) is 1. The molecule has 2 amide bonds. The predicted octanol–water partition coefficient (Wildman–Crippen LogP) is 3.15. The van der Waals surface area contributed by atoms with Gasteiger partial charge in [-0.05, 0) is 43.2 Å². The van der Waals surface area contributed by atoms with E-state index in [0.717, 1.165) is 22.0 Å². The second kappa shape index (κ2) is 7.99. The van der Waals surface area contributed by atoms with Gasteiger partial charge in [-0.2, -0.15) is 0 Å². The zero-order chi connectivity index (χ0) is 20.4. The lowest BCUT2D eigenvalue weighted by atomic mass is 10.1. The van der Waals surface area contributed by atoms with Crippen LogP contribution in [0.4, 0.5) is 0 Å². The van der Waals surface area contributed by atoms with Crippen molar-refractivity contribution in [1.29, 1.82) is 0 Å². The fourth-order valence-electron chi connectivity index (χ4n) is 3.75. The molecule has 3 aromatic rings. The van der Waals surface area contributed by atoms with Crippen molar-refractivity contribution in [2.24, 2.45) is 0 Å². The zero-order valence-corrected chi connectivity index (χ0v) is 16.8. The number of H-pyrrole nitrogens is 1. The Morgan fingerprint density at radius 3 is 2.41 bits per heavy atom. The molecule has 6 heteroatoms. The number of aromatic amines is 1. The van der Waals surface area contributed by atoms with E-state index in [2.05, 4.69) is 4.98 Å². The van der Waals surface area contributed by atoms with Crippen LogP contribution in [-0.2, 0) is 4.79 Å². The molecule has 0 spiro atoms. The van der Waals surface area contributed by atoms with Crippen molar-refractivity contribution in [2.45, 2.75) is 13.8 Å². The zero-order valence-electron chi connectivity index (χ0n) is 16.8. The molecule has 1 aliphatic heterocycles. The SMILES string of the molecule is Cc1cccc(OCC(=O)N2CCN(C(=O)c3[nH]c4ccccc4c3C)CC2)c1. The first kappa shape index (κ1) is 19.1. The van der Waals surface area contributed by atoms with Gasteiger partial charge in [-0.15, -0.1) is 0 Å². The first-order chi connectivity index (χ1) is 14.0. The van der Waals surface area contributed by atoms with Crippen molar-refractivity contribution >= 4 is 22.7 Å². The summed E-state index contributed by atoms with van der Waals surface area (Å²) >= 11 is 0. The first-order valence-electron chi connectivity index (χ1n) is 9.87. The molecule has 0 unspecified atom stereocenters. The summed E-state index contributed by atoms with van der Waals surface area (Å²) in [5, 5.41) is 1.07. The minimum Gasteiger partial charge on any atom is -0.484 e. The van der Waals surface area contributed by atoms with Gasteiger partial charge in [0.05, 0.1) is 0 Å². The molecule has 0 aliphatic carbocycles. The molecule has 1 saturated heterocycles. The fraction of sp³-hybridized carbons (Fsp3) is 0.304. The molecular formula is C23H25N3O3. The van der Waals surface area contributed by atoms with Crippen molar-refractivity contribution in [3.05, 3.63) is 65.4 Å². The normalized spacial score (nSPS) is 14.3. The third-order valence-electron chi connectivity index (χ3n) is 5.45. The Bertz CT molecular complexity index is 1050. The topological polar surface area (TPSA) is 65.6 Å². The summed E-state index contributed by atoms with van der Waals surface area (Å²) in [4.78, 5) is 32.3. The van der Waals surface area contributed by atoms with E-state index in [4.69, 9.17) is 4.74 Å². The van der Waals surface area contributed by atoms with E-state index in [1.165, 1.54) is 0 Å². The van der Waals surface area contributed by atoms with Crippen molar-refractivity contribution in [1.82, 2.24) is 14.8 Å². The minimum absolute atomic E-state index is 0.0122. The standard InChI is InChI=1S/C23H25N3O3/c1-16-6-5-7-18(14-16)29-15-21(27)25-10-12-26(13-11-25)23(28)22-17(2)19-8-3-4-9-20(19)24-22/h3-9,14,24H,10-13,15H2,1-2H3. The van der Waals surface area contributed by atoms with Crippen LogP contribution in [0, 0.1) is 13.8 Å². The molecule has 0 saturated carbocycles. The van der Waals surface area contributed by atoms with Gasteiger partial charge in [0, 0.05) is 37.1 Å². The number of benzene rings is 2. The smallest absolute Gasteiger partial charge is 0.270 e. The van der Waals surface area contributed by atoms with Gasteiger partial charge in [-0.3, -0.25) is 9.59 Å². The number of aromatic nitrogens is 1. The van der Waals surface area contributed by atoms with Gasteiger partial charge in [0.1, 0.15) is 11.4 Å². The number of ether oxygens (including phenoxy) is 1. The van der Waals surface area contributed by atoms with Crippen molar-refractivity contribution in [3.8, 4) is 5.75 Å². The number of rotatable bonds is 4. The molecule has 2 aromatic carbocycles. The Balaban J connectivity index is 1.34. The Kier molecular flexibility index (Phi) is 5.25. The third-order valence-corrected chi connectivity index (χ3v) is 5.45. The van der Waals surface area contributed by atoms with E-state index in [9.17, 15) is 9.59 Å². The largest absolute Gasteiger partial charge is 0.484 e. The molecule has 6 nitrogen and oxygen atoms in total. The number of nitrogens with zero attached hydrogens (tertiary/aromatic N) is 2. The van der Waals surface area contributed by atoms with Crippen LogP contribution in [0.1, 0.15) is 21.6 Å². The number of amides is 2. The Labute approximate surface area is 170 Å². The number of carbonyl (C=O) groups excluding carboxylic acids is 2.